The lowest BCUT2D eigenvalue weighted by Gasteiger charge is -2.13. The molecule has 2 aromatic carbocycles. The lowest BCUT2D eigenvalue weighted by molar-refractivity contribution is -0.143. The number of methoxy groups -OCH3 is 1. The molecular formula is C25H26O7. The minimum absolute atomic E-state index is 0.125. The van der Waals surface area contributed by atoms with E-state index in [1.807, 2.05) is 26.0 Å². The average Bonchev–Trinajstić information content (AvgIpc) is 2.79. The van der Waals surface area contributed by atoms with Crippen molar-refractivity contribution < 1.29 is 28.2 Å². The van der Waals surface area contributed by atoms with E-state index < -0.39 is 11.6 Å². The zero-order chi connectivity index (χ0) is 23.3. The normalized spacial score (nSPS) is 10.8. The van der Waals surface area contributed by atoms with E-state index >= 15 is 0 Å². The second-order valence-corrected chi connectivity index (χ2v) is 7.34. The zero-order valence-corrected chi connectivity index (χ0v) is 18.7. The maximum absolute atomic E-state index is 12.6. The molecule has 0 fully saturated rings. The van der Waals surface area contributed by atoms with Gasteiger partial charge in [-0.25, -0.2) is 9.59 Å². The van der Waals surface area contributed by atoms with Gasteiger partial charge in [0.25, 0.3) is 0 Å². The number of benzene rings is 2. The molecule has 0 radical (unpaired) electrons. The van der Waals surface area contributed by atoms with Crippen LogP contribution in [0.1, 0.15) is 46.0 Å². The van der Waals surface area contributed by atoms with Crippen LogP contribution in [0.3, 0.4) is 0 Å². The zero-order valence-electron chi connectivity index (χ0n) is 18.7. The molecule has 0 aliphatic heterocycles. The van der Waals surface area contributed by atoms with Crippen LogP contribution in [-0.2, 0) is 27.3 Å². The molecule has 0 saturated heterocycles. The molecule has 32 heavy (non-hydrogen) atoms. The first kappa shape index (κ1) is 23.1. The van der Waals surface area contributed by atoms with E-state index in [0.29, 0.717) is 34.6 Å². The molecule has 0 aliphatic carbocycles. The number of carbonyl (C=O) groups is 2. The summed E-state index contributed by atoms with van der Waals surface area (Å²) in [6.45, 7) is 6.02. The maximum Gasteiger partial charge on any atom is 0.339 e. The fraction of sp³-hybridized carbons (Fsp3) is 0.320. The molecule has 0 aliphatic rings. The Hall–Kier alpha value is -3.61. The van der Waals surface area contributed by atoms with Crippen molar-refractivity contribution in [2.24, 2.45) is 0 Å². The van der Waals surface area contributed by atoms with Gasteiger partial charge >= 0.3 is 17.6 Å². The van der Waals surface area contributed by atoms with Gasteiger partial charge in [0.2, 0.25) is 0 Å². The summed E-state index contributed by atoms with van der Waals surface area (Å²) >= 11 is 0. The topological polar surface area (TPSA) is 92.0 Å². The van der Waals surface area contributed by atoms with E-state index in [-0.39, 0.29) is 25.4 Å². The minimum atomic E-state index is -0.460. The second-order valence-electron chi connectivity index (χ2n) is 7.34. The van der Waals surface area contributed by atoms with Crippen LogP contribution in [0.15, 0.2) is 45.6 Å². The Morgan fingerprint density at radius 1 is 1.00 bits per heavy atom. The molecule has 0 unspecified atom stereocenters. The summed E-state index contributed by atoms with van der Waals surface area (Å²) in [6.07, 6.45) is 0.391. The van der Waals surface area contributed by atoms with E-state index in [2.05, 4.69) is 0 Å². The minimum Gasteiger partial charge on any atom is -0.488 e. The standard InChI is InChI=1S/C25H26O7/c1-5-30-22(26)13-11-20-15(2)19-10-12-21(16(3)23(19)32-25(20)28)31-14-17-6-8-18(9-7-17)24(27)29-4/h6-10,12H,5,11,13-14H2,1-4H3. The summed E-state index contributed by atoms with van der Waals surface area (Å²) < 4.78 is 21.2. The van der Waals surface area contributed by atoms with Crippen LogP contribution in [0, 0.1) is 13.8 Å². The van der Waals surface area contributed by atoms with Crippen LogP contribution in [0.2, 0.25) is 0 Å². The van der Waals surface area contributed by atoms with Gasteiger partial charge in [-0.15, -0.1) is 0 Å². The summed E-state index contributed by atoms with van der Waals surface area (Å²) in [6, 6.07) is 10.6. The van der Waals surface area contributed by atoms with Gasteiger partial charge in [-0.05, 0) is 62.6 Å². The van der Waals surface area contributed by atoms with E-state index in [1.165, 1.54) is 7.11 Å². The van der Waals surface area contributed by atoms with E-state index in [9.17, 15) is 14.4 Å². The van der Waals surface area contributed by atoms with Crippen LogP contribution in [0.25, 0.3) is 11.0 Å². The molecular weight excluding hydrogens is 412 g/mol. The fourth-order valence-electron chi connectivity index (χ4n) is 3.49. The van der Waals surface area contributed by atoms with Crippen molar-refractivity contribution in [2.45, 2.75) is 40.2 Å². The molecule has 0 saturated carbocycles. The molecule has 168 valence electrons. The molecule has 1 heterocycles. The lowest BCUT2D eigenvalue weighted by Crippen LogP contribution is -2.14. The molecule has 0 bridgehead atoms. The Kier molecular flexibility index (Phi) is 7.30. The van der Waals surface area contributed by atoms with Crippen molar-refractivity contribution in [2.75, 3.05) is 13.7 Å². The largest absolute Gasteiger partial charge is 0.488 e. The van der Waals surface area contributed by atoms with Crippen LogP contribution in [0.5, 0.6) is 5.75 Å². The van der Waals surface area contributed by atoms with Crippen LogP contribution in [-0.4, -0.2) is 25.7 Å². The summed E-state index contributed by atoms with van der Waals surface area (Å²) in [4.78, 5) is 35.8. The summed E-state index contributed by atoms with van der Waals surface area (Å²) in [7, 11) is 1.34. The molecule has 0 N–H and O–H groups in total. The third kappa shape index (κ3) is 4.99. The summed E-state index contributed by atoms with van der Waals surface area (Å²) in [5, 5.41) is 0.802. The van der Waals surface area contributed by atoms with Crippen molar-refractivity contribution in [1.82, 2.24) is 0 Å². The molecule has 0 amide bonds. The molecule has 3 rings (SSSR count). The first-order valence-corrected chi connectivity index (χ1v) is 10.4. The van der Waals surface area contributed by atoms with Gasteiger partial charge in [0, 0.05) is 22.9 Å². The highest BCUT2D eigenvalue weighted by Crippen LogP contribution is 2.30. The number of hydrogen-bond donors (Lipinski definition) is 0. The quantitative estimate of drug-likeness (QED) is 0.383. The molecule has 1 aromatic heterocycles. The van der Waals surface area contributed by atoms with Gasteiger partial charge in [-0.3, -0.25) is 4.79 Å². The Labute approximate surface area is 185 Å². The number of fused-ring (bicyclic) bond motifs is 1. The predicted molar refractivity (Wildman–Crippen MR) is 119 cm³/mol. The number of hydrogen-bond acceptors (Lipinski definition) is 7. The molecule has 7 heteroatoms. The Morgan fingerprint density at radius 3 is 2.38 bits per heavy atom. The monoisotopic (exact) mass is 438 g/mol. The Bertz CT molecular complexity index is 1190. The molecule has 0 spiro atoms. The van der Waals surface area contributed by atoms with E-state index in [0.717, 1.165) is 16.5 Å². The summed E-state index contributed by atoms with van der Waals surface area (Å²) in [5.74, 6) is -0.142. The lowest BCUT2D eigenvalue weighted by atomic mass is 10.0. The highest BCUT2D eigenvalue weighted by atomic mass is 16.5. The number of aryl methyl sites for hydroxylation is 2. The molecule has 0 atom stereocenters. The van der Waals surface area contributed by atoms with Crippen molar-refractivity contribution in [3.05, 3.63) is 74.6 Å². The van der Waals surface area contributed by atoms with E-state index in [4.69, 9.17) is 18.6 Å². The second kappa shape index (κ2) is 10.1. The van der Waals surface area contributed by atoms with Crippen molar-refractivity contribution in [3.63, 3.8) is 0 Å². The predicted octanol–water partition coefficient (Wildman–Crippen LogP) is 4.27. The highest BCUT2D eigenvalue weighted by molar-refractivity contribution is 5.89. The fourth-order valence-corrected chi connectivity index (χ4v) is 3.49. The number of rotatable bonds is 8. The SMILES string of the molecule is CCOC(=O)CCc1c(C)c2ccc(OCc3ccc(C(=O)OC)cc3)c(C)c2oc1=O. The van der Waals surface area contributed by atoms with Gasteiger partial charge in [0.15, 0.2) is 0 Å². The van der Waals surface area contributed by atoms with Gasteiger partial charge < -0.3 is 18.6 Å². The van der Waals surface area contributed by atoms with Crippen LogP contribution in [0.4, 0.5) is 0 Å². The van der Waals surface area contributed by atoms with Crippen molar-refractivity contribution in [3.8, 4) is 5.75 Å². The number of ether oxygens (including phenoxy) is 3. The number of carbonyl (C=O) groups excluding carboxylic acids is 2. The van der Waals surface area contributed by atoms with Crippen LogP contribution < -0.4 is 10.4 Å². The van der Waals surface area contributed by atoms with Gasteiger partial charge in [0.1, 0.15) is 17.9 Å². The van der Waals surface area contributed by atoms with Gasteiger partial charge in [-0.1, -0.05) is 12.1 Å². The third-order valence-electron chi connectivity index (χ3n) is 5.31. The van der Waals surface area contributed by atoms with Gasteiger partial charge in [0.05, 0.1) is 19.3 Å². The highest BCUT2D eigenvalue weighted by Gasteiger charge is 2.16. The first-order valence-electron chi connectivity index (χ1n) is 10.4. The van der Waals surface area contributed by atoms with Crippen LogP contribution >= 0.6 is 0 Å². The first-order chi connectivity index (χ1) is 15.3. The molecule has 3 aromatic rings. The Balaban J connectivity index is 1.81. The Morgan fingerprint density at radius 2 is 1.72 bits per heavy atom. The smallest absolute Gasteiger partial charge is 0.339 e. The maximum atomic E-state index is 12.6. The average molecular weight is 438 g/mol. The third-order valence-corrected chi connectivity index (χ3v) is 5.31. The van der Waals surface area contributed by atoms with Crippen molar-refractivity contribution in [1.29, 1.82) is 0 Å². The van der Waals surface area contributed by atoms with Gasteiger partial charge in [-0.2, -0.15) is 0 Å². The summed E-state index contributed by atoms with van der Waals surface area (Å²) in [5.41, 5.74) is 3.32. The molecule has 7 nitrogen and oxygen atoms in total. The number of esters is 2. The van der Waals surface area contributed by atoms with Crippen molar-refractivity contribution >= 4 is 22.9 Å². The van der Waals surface area contributed by atoms with E-state index in [1.54, 1.807) is 31.2 Å².